The maximum atomic E-state index is 5.83. The fourth-order valence-electron chi connectivity index (χ4n) is 2.72. The van der Waals surface area contributed by atoms with Crippen molar-refractivity contribution < 1.29 is 9.30 Å². The zero-order valence-electron chi connectivity index (χ0n) is 13.6. The van der Waals surface area contributed by atoms with Crippen molar-refractivity contribution in [2.45, 2.75) is 6.54 Å². The quantitative estimate of drug-likeness (QED) is 0.675. The predicted octanol–water partition coefficient (Wildman–Crippen LogP) is 4.03. The van der Waals surface area contributed by atoms with Gasteiger partial charge in [0.15, 0.2) is 6.54 Å². The average molecular weight is 384 g/mol. The third kappa shape index (κ3) is 3.66. The van der Waals surface area contributed by atoms with Gasteiger partial charge in [-0.3, -0.25) is 0 Å². The van der Waals surface area contributed by atoms with E-state index in [1.54, 1.807) is 7.11 Å². The van der Waals surface area contributed by atoms with E-state index in [2.05, 4.69) is 63.0 Å². The topological polar surface area (TPSA) is 39.1 Å². The Kier molecular flexibility index (Phi) is 5.28. The molecule has 4 heteroatoms. The molecule has 3 nitrogen and oxygen atoms in total. The second-order valence-electron chi connectivity index (χ2n) is 5.51. The summed E-state index contributed by atoms with van der Waals surface area (Å²) in [5, 5.41) is 1.14. The van der Waals surface area contributed by atoms with Crippen molar-refractivity contribution in [1.82, 2.24) is 0 Å². The molecule has 0 unspecified atom stereocenters. The maximum Gasteiger partial charge on any atom is 0.213 e. The highest BCUT2D eigenvalue weighted by molar-refractivity contribution is 9.10. The molecule has 0 amide bonds. The van der Waals surface area contributed by atoms with E-state index >= 15 is 0 Å². The van der Waals surface area contributed by atoms with Crippen LogP contribution in [0.15, 0.2) is 59.1 Å². The van der Waals surface area contributed by atoms with Crippen molar-refractivity contribution >= 4 is 39.0 Å². The van der Waals surface area contributed by atoms with E-state index in [-0.39, 0.29) is 0 Å². The van der Waals surface area contributed by atoms with Gasteiger partial charge in [0.05, 0.1) is 19.0 Å². The second-order valence-corrected chi connectivity index (χ2v) is 6.42. The molecule has 0 fully saturated rings. The number of ether oxygens (including phenoxy) is 1. The smallest absolute Gasteiger partial charge is 0.213 e. The Labute approximate surface area is 150 Å². The van der Waals surface area contributed by atoms with E-state index in [0.29, 0.717) is 6.54 Å². The first-order valence-electron chi connectivity index (χ1n) is 7.85. The van der Waals surface area contributed by atoms with Crippen molar-refractivity contribution in [1.29, 1.82) is 0 Å². The molecule has 0 bridgehead atoms. The fraction of sp³-hybridized carbons (Fsp3) is 0.150. The Bertz CT molecular complexity index is 873. The Morgan fingerprint density at radius 1 is 1.04 bits per heavy atom. The number of methoxy groups -OCH3 is 1. The van der Waals surface area contributed by atoms with Gasteiger partial charge in [0, 0.05) is 22.7 Å². The lowest BCUT2D eigenvalue weighted by atomic mass is 10.1. The summed E-state index contributed by atoms with van der Waals surface area (Å²) in [5.74, 6) is 0.861. The highest BCUT2D eigenvalue weighted by atomic mass is 79.9. The first-order valence-corrected chi connectivity index (χ1v) is 8.65. The number of hydrogen-bond acceptors (Lipinski definition) is 2. The molecule has 0 aliphatic carbocycles. The molecule has 2 N–H and O–H groups in total. The average Bonchev–Trinajstić information content (AvgIpc) is 2.62. The van der Waals surface area contributed by atoms with Gasteiger partial charge in [0.2, 0.25) is 11.2 Å². The highest BCUT2D eigenvalue weighted by Crippen LogP contribution is 2.19. The standard InChI is InChI=1S/C20H20BrN2O/c1-24-19-10-11-20-16(14-19)5-9-18(23(20)13-12-22)8-4-15-2-6-17(21)7-3-15/h2-11,14H,12-13,22H2,1H3/q+1/b8-4+. The SMILES string of the molecule is COc1ccc2c(ccc(/C=C/c3ccc(Br)cc3)[n+]2CCN)c1. The molecule has 0 radical (unpaired) electrons. The molecule has 3 aromatic rings. The molecule has 0 aliphatic rings. The van der Waals surface area contributed by atoms with E-state index in [0.717, 1.165) is 38.9 Å². The molecule has 24 heavy (non-hydrogen) atoms. The number of benzene rings is 2. The summed E-state index contributed by atoms with van der Waals surface area (Å²) in [7, 11) is 1.68. The second kappa shape index (κ2) is 7.60. The molecular weight excluding hydrogens is 364 g/mol. The number of fused-ring (bicyclic) bond motifs is 1. The van der Waals surface area contributed by atoms with Crippen LogP contribution in [-0.4, -0.2) is 13.7 Å². The number of nitrogens with zero attached hydrogens (tertiary/aromatic N) is 1. The van der Waals surface area contributed by atoms with Crippen LogP contribution in [0.5, 0.6) is 5.75 Å². The first-order chi connectivity index (χ1) is 11.7. The van der Waals surface area contributed by atoms with Gasteiger partial charge in [0.25, 0.3) is 0 Å². The van der Waals surface area contributed by atoms with Gasteiger partial charge in [-0.25, -0.2) is 0 Å². The van der Waals surface area contributed by atoms with Crippen molar-refractivity contribution in [2.75, 3.05) is 13.7 Å². The van der Waals surface area contributed by atoms with E-state index in [1.807, 2.05) is 24.3 Å². The lowest BCUT2D eigenvalue weighted by molar-refractivity contribution is -0.670. The lowest BCUT2D eigenvalue weighted by Gasteiger charge is -2.06. The molecule has 0 saturated heterocycles. The minimum atomic E-state index is 0.592. The summed E-state index contributed by atoms with van der Waals surface area (Å²) in [6.45, 7) is 1.36. The van der Waals surface area contributed by atoms with Crippen LogP contribution in [-0.2, 0) is 6.54 Å². The Balaban J connectivity index is 2.03. The van der Waals surface area contributed by atoms with E-state index < -0.39 is 0 Å². The molecule has 122 valence electrons. The number of aromatic nitrogens is 1. The summed E-state index contributed by atoms with van der Waals surface area (Å²) >= 11 is 3.46. The normalized spacial score (nSPS) is 11.3. The molecular formula is C20H20BrN2O+. The van der Waals surface area contributed by atoms with Crippen LogP contribution < -0.4 is 15.0 Å². The number of rotatable bonds is 5. The molecule has 0 spiro atoms. The van der Waals surface area contributed by atoms with Gasteiger partial charge in [-0.05, 0) is 42.0 Å². The van der Waals surface area contributed by atoms with Crippen molar-refractivity contribution in [2.24, 2.45) is 5.73 Å². The monoisotopic (exact) mass is 383 g/mol. The third-order valence-corrected chi connectivity index (χ3v) is 4.47. The molecule has 0 atom stereocenters. The molecule has 0 saturated carbocycles. The summed E-state index contributed by atoms with van der Waals surface area (Å²) in [5.41, 5.74) is 9.26. The van der Waals surface area contributed by atoms with E-state index in [9.17, 15) is 0 Å². The molecule has 2 aromatic carbocycles. The van der Waals surface area contributed by atoms with E-state index in [4.69, 9.17) is 10.5 Å². The van der Waals surface area contributed by atoms with Crippen molar-refractivity contribution in [3.8, 4) is 5.75 Å². The van der Waals surface area contributed by atoms with Crippen LogP contribution in [0.2, 0.25) is 0 Å². The van der Waals surface area contributed by atoms with Crippen LogP contribution in [0.25, 0.3) is 23.1 Å². The summed E-state index contributed by atoms with van der Waals surface area (Å²) in [6, 6.07) is 18.6. The molecule has 1 heterocycles. The summed E-state index contributed by atoms with van der Waals surface area (Å²) in [4.78, 5) is 0. The maximum absolute atomic E-state index is 5.83. The van der Waals surface area contributed by atoms with Crippen LogP contribution in [0.3, 0.4) is 0 Å². The van der Waals surface area contributed by atoms with Crippen molar-refractivity contribution in [3.63, 3.8) is 0 Å². The van der Waals surface area contributed by atoms with Gasteiger partial charge in [-0.15, -0.1) is 0 Å². The Morgan fingerprint density at radius 2 is 1.83 bits per heavy atom. The summed E-state index contributed by atoms with van der Waals surface area (Å²) in [6.07, 6.45) is 4.24. The fourth-order valence-corrected chi connectivity index (χ4v) is 2.99. The van der Waals surface area contributed by atoms with Gasteiger partial charge < -0.3 is 10.5 Å². The molecule has 0 aliphatic heterocycles. The highest BCUT2D eigenvalue weighted by Gasteiger charge is 2.13. The number of nitrogens with two attached hydrogens (primary N) is 1. The minimum absolute atomic E-state index is 0.592. The number of halogens is 1. The minimum Gasteiger partial charge on any atom is -0.497 e. The van der Waals surface area contributed by atoms with Crippen LogP contribution in [0.4, 0.5) is 0 Å². The lowest BCUT2D eigenvalue weighted by Crippen LogP contribution is -2.41. The van der Waals surface area contributed by atoms with Crippen molar-refractivity contribution in [3.05, 3.63) is 70.3 Å². The van der Waals surface area contributed by atoms with Crippen LogP contribution >= 0.6 is 15.9 Å². The predicted molar refractivity (Wildman–Crippen MR) is 103 cm³/mol. The van der Waals surface area contributed by atoms with Gasteiger partial charge >= 0.3 is 0 Å². The van der Waals surface area contributed by atoms with Crippen LogP contribution in [0.1, 0.15) is 11.3 Å². The molecule has 1 aromatic heterocycles. The van der Waals surface area contributed by atoms with Gasteiger partial charge in [-0.1, -0.05) is 28.1 Å². The number of hydrogen-bond donors (Lipinski definition) is 1. The van der Waals surface area contributed by atoms with E-state index in [1.165, 1.54) is 0 Å². The van der Waals surface area contributed by atoms with Gasteiger partial charge in [-0.2, -0.15) is 4.57 Å². The Morgan fingerprint density at radius 3 is 2.54 bits per heavy atom. The first kappa shape index (κ1) is 16.7. The van der Waals surface area contributed by atoms with Crippen LogP contribution in [0, 0.1) is 0 Å². The number of pyridine rings is 1. The van der Waals surface area contributed by atoms with Gasteiger partial charge in [0.1, 0.15) is 5.75 Å². The zero-order chi connectivity index (χ0) is 16.9. The summed E-state index contributed by atoms with van der Waals surface area (Å²) < 4.78 is 8.64. The zero-order valence-corrected chi connectivity index (χ0v) is 15.2. The largest absolute Gasteiger partial charge is 0.497 e. The molecule has 3 rings (SSSR count). The Hall–Kier alpha value is -2.17. The third-order valence-electron chi connectivity index (χ3n) is 3.94.